The Bertz CT molecular complexity index is 692. The Morgan fingerprint density at radius 3 is 2.54 bits per heavy atom. The number of aromatic amines is 1. The summed E-state index contributed by atoms with van der Waals surface area (Å²) in [6, 6.07) is 8.38. The molecule has 0 saturated carbocycles. The number of unbranched alkanes of at least 4 members (excludes halogenated alkanes) is 3. The van der Waals surface area contributed by atoms with Crippen molar-refractivity contribution in [1.29, 1.82) is 0 Å². The fraction of sp³-hybridized carbons (Fsp3) is 0.565. The fourth-order valence-electron chi connectivity index (χ4n) is 3.57. The summed E-state index contributed by atoms with van der Waals surface area (Å²) >= 11 is 0. The SMILES string of the molecule is CCCCCCC(C(N)=O)c1ccc(C(C)(C)NCCCc2ncc[nH]2)cc1. The van der Waals surface area contributed by atoms with E-state index in [1.807, 2.05) is 6.20 Å². The Hall–Kier alpha value is -2.14. The number of aryl methyl sites for hydroxylation is 1. The maximum atomic E-state index is 11.9. The quantitative estimate of drug-likeness (QED) is 0.447. The Morgan fingerprint density at radius 1 is 1.18 bits per heavy atom. The molecule has 0 spiro atoms. The van der Waals surface area contributed by atoms with Crippen molar-refractivity contribution in [1.82, 2.24) is 15.3 Å². The number of aromatic nitrogens is 2. The van der Waals surface area contributed by atoms with Crippen LogP contribution in [0.25, 0.3) is 0 Å². The minimum Gasteiger partial charge on any atom is -0.369 e. The topological polar surface area (TPSA) is 83.8 Å². The van der Waals surface area contributed by atoms with E-state index in [1.165, 1.54) is 18.4 Å². The Kier molecular flexibility index (Phi) is 8.71. The highest BCUT2D eigenvalue weighted by atomic mass is 16.1. The highest BCUT2D eigenvalue weighted by Gasteiger charge is 2.22. The van der Waals surface area contributed by atoms with E-state index in [4.69, 9.17) is 5.73 Å². The Balaban J connectivity index is 1.89. The van der Waals surface area contributed by atoms with Crippen LogP contribution in [0.2, 0.25) is 0 Å². The van der Waals surface area contributed by atoms with E-state index < -0.39 is 0 Å². The van der Waals surface area contributed by atoms with Crippen LogP contribution in [-0.2, 0) is 16.8 Å². The third kappa shape index (κ3) is 6.79. The molecule has 1 atom stereocenters. The normalized spacial score (nSPS) is 12.8. The lowest BCUT2D eigenvalue weighted by Gasteiger charge is -2.27. The van der Waals surface area contributed by atoms with E-state index in [9.17, 15) is 4.79 Å². The zero-order chi connectivity index (χ0) is 20.4. The summed E-state index contributed by atoms with van der Waals surface area (Å²) in [6.07, 6.45) is 11.1. The number of primary amides is 1. The smallest absolute Gasteiger partial charge is 0.224 e. The van der Waals surface area contributed by atoms with E-state index in [-0.39, 0.29) is 17.4 Å². The molecule has 154 valence electrons. The molecule has 0 fully saturated rings. The van der Waals surface area contributed by atoms with E-state index in [1.54, 1.807) is 6.20 Å². The standard InChI is InChI=1S/C23H36N4O/c1-4-5-6-7-9-20(22(24)28)18-11-13-19(14-12-18)23(2,3)27-15-8-10-21-25-16-17-26-21/h11-14,16-17,20,27H,4-10,15H2,1-3H3,(H2,24,28)(H,25,26). The molecule has 1 unspecified atom stereocenters. The Morgan fingerprint density at radius 2 is 1.93 bits per heavy atom. The molecule has 2 rings (SSSR count). The first-order valence-electron chi connectivity index (χ1n) is 10.6. The van der Waals surface area contributed by atoms with Gasteiger partial charge in [-0.3, -0.25) is 4.79 Å². The number of amides is 1. The molecular formula is C23H36N4O. The van der Waals surface area contributed by atoms with Crippen molar-refractivity contribution >= 4 is 5.91 Å². The van der Waals surface area contributed by atoms with Gasteiger partial charge in [-0.15, -0.1) is 0 Å². The second-order valence-corrected chi connectivity index (χ2v) is 8.12. The van der Waals surface area contributed by atoms with Crippen molar-refractivity contribution in [2.75, 3.05) is 6.54 Å². The summed E-state index contributed by atoms with van der Waals surface area (Å²) in [5, 5.41) is 3.62. The van der Waals surface area contributed by atoms with Crippen LogP contribution in [0.4, 0.5) is 0 Å². The van der Waals surface area contributed by atoms with Crippen LogP contribution in [0.5, 0.6) is 0 Å². The maximum Gasteiger partial charge on any atom is 0.224 e. The summed E-state index contributed by atoms with van der Waals surface area (Å²) in [4.78, 5) is 19.3. The second kappa shape index (κ2) is 11.0. The number of rotatable bonds is 13. The number of benzene rings is 1. The van der Waals surface area contributed by atoms with Gasteiger partial charge in [0.15, 0.2) is 0 Å². The minimum absolute atomic E-state index is 0.134. The largest absolute Gasteiger partial charge is 0.369 e. The molecule has 5 nitrogen and oxygen atoms in total. The highest BCUT2D eigenvalue weighted by Crippen LogP contribution is 2.26. The monoisotopic (exact) mass is 384 g/mol. The maximum absolute atomic E-state index is 11.9. The van der Waals surface area contributed by atoms with Crippen molar-refractivity contribution in [2.45, 2.75) is 77.2 Å². The van der Waals surface area contributed by atoms with Crippen molar-refractivity contribution in [3.63, 3.8) is 0 Å². The zero-order valence-corrected chi connectivity index (χ0v) is 17.6. The Labute approximate surface area is 169 Å². The van der Waals surface area contributed by atoms with Crippen LogP contribution >= 0.6 is 0 Å². The van der Waals surface area contributed by atoms with Crippen molar-refractivity contribution < 1.29 is 4.79 Å². The van der Waals surface area contributed by atoms with Gasteiger partial charge < -0.3 is 16.0 Å². The van der Waals surface area contributed by atoms with Gasteiger partial charge in [-0.1, -0.05) is 56.9 Å². The molecule has 4 N–H and O–H groups in total. The van der Waals surface area contributed by atoms with Gasteiger partial charge in [-0.05, 0) is 44.4 Å². The number of nitrogens with one attached hydrogen (secondary N) is 2. The molecule has 0 aliphatic rings. The van der Waals surface area contributed by atoms with Crippen LogP contribution < -0.4 is 11.1 Å². The van der Waals surface area contributed by atoms with Gasteiger partial charge in [-0.2, -0.15) is 0 Å². The van der Waals surface area contributed by atoms with Gasteiger partial charge in [-0.25, -0.2) is 4.98 Å². The molecule has 2 aromatic rings. The highest BCUT2D eigenvalue weighted by molar-refractivity contribution is 5.81. The average molecular weight is 385 g/mol. The number of carbonyl (C=O) groups is 1. The van der Waals surface area contributed by atoms with Crippen LogP contribution in [0.3, 0.4) is 0 Å². The van der Waals surface area contributed by atoms with E-state index in [0.717, 1.165) is 50.0 Å². The molecule has 5 heteroatoms. The van der Waals surface area contributed by atoms with Gasteiger partial charge in [0.2, 0.25) is 5.91 Å². The molecule has 0 bridgehead atoms. The lowest BCUT2D eigenvalue weighted by Crippen LogP contribution is -2.37. The van der Waals surface area contributed by atoms with Crippen LogP contribution in [0.1, 0.15) is 82.2 Å². The van der Waals surface area contributed by atoms with E-state index >= 15 is 0 Å². The molecule has 0 saturated heterocycles. The number of imidazole rings is 1. The average Bonchev–Trinajstić information content (AvgIpc) is 3.19. The molecule has 28 heavy (non-hydrogen) atoms. The lowest BCUT2D eigenvalue weighted by atomic mass is 9.88. The second-order valence-electron chi connectivity index (χ2n) is 8.12. The number of nitrogens with zero attached hydrogens (tertiary/aromatic N) is 1. The third-order valence-corrected chi connectivity index (χ3v) is 5.44. The van der Waals surface area contributed by atoms with Gasteiger partial charge in [0, 0.05) is 24.4 Å². The van der Waals surface area contributed by atoms with Crippen LogP contribution in [0.15, 0.2) is 36.7 Å². The number of hydrogen-bond donors (Lipinski definition) is 3. The van der Waals surface area contributed by atoms with Crippen molar-refractivity contribution in [2.24, 2.45) is 5.73 Å². The predicted molar refractivity (Wildman–Crippen MR) is 115 cm³/mol. The molecule has 0 radical (unpaired) electrons. The number of nitrogens with two attached hydrogens (primary N) is 1. The lowest BCUT2D eigenvalue weighted by molar-refractivity contribution is -0.119. The first-order valence-corrected chi connectivity index (χ1v) is 10.6. The molecule has 0 aliphatic carbocycles. The zero-order valence-electron chi connectivity index (χ0n) is 17.6. The number of carbonyl (C=O) groups excluding carboxylic acids is 1. The summed E-state index contributed by atoms with van der Waals surface area (Å²) in [6.45, 7) is 7.48. The predicted octanol–water partition coefficient (Wildman–Crippen LogP) is 4.41. The molecule has 1 aromatic carbocycles. The first kappa shape index (κ1) is 22.2. The summed E-state index contributed by atoms with van der Waals surface area (Å²) in [5.74, 6) is 0.621. The van der Waals surface area contributed by atoms with Gasteiger partial charge in [0.25, 0.3) is 0 Å². The molecule has 1 amide bonds. The molecule has 1 heterocycles. The van der Waals surface area contributed by atoms with E-state index in [2.05, 4.69) is 60.3 Å². The summed E-state index contributed by atoms with van der Waals surface area (Å²) in [7, 11) is 0. The third-order valence-electron chi connectivity index (χ3n) is 5.44. The first-order chi connectivity index (χ1) is 13.4. The number of hydrogen-bond acceptors (Lipinski definition) is 3. The fourth-order valence-corrected chi connectivity index (χ4v) is 3.57. The van der Waals surface area contributed by atoms with Crippen LogP contribution in [0, 0.1) is 0 Å². The summed E-state index contributed by atoms with van der Waals surface area (Å²) in [5.41, 5.74) is 7.78. The summed E-state index contributed by atoms with van der Waals surface area (Å²) < 4.78 is 0. The number of H-pyrrole nitrogens is 1. The van der Waals surface area contributed by atoms with Crippen LogP contribution in [-0.4, -0.2) is 22.4 Å². The van der Waals surface area contributed by atoms with Crippen molar-refractivity contribution in [3.05, 3.63) is 53.6 Å². The molecule has 1 aromatic heterocycles. The molecular weight excluding hydrogens is 348 g/mol. The minimum atomic E-state index is -0.223. The van der Waals surface area contributed by atoms with Crippen molar-refractivity contribution in [3.8, 4) is 0 Å². The van der Waals surface area contributed by atoms with E-state index in [0.29, 0.717) is 0 Å². The van der Waals surface area contributed by atoms with Gasteiger partial charge in [0.1, 0.15) is 5.82 Å². The molecule has 0 aliphatic heterocycles. The van der Waals surface area contributed by atoms with Gasteiger partial charge >= 0.3 is 0 Å². The van der Waals surface area contributed by atoms with Gasteiger partial charge in [0.05, 0.1) is 5.92 Å².